The van der Waals surface area contributed by atoms with Gasteiger partial charge in [-0.25, -0.2) is 0 Å². The topological polar surface area (TPSA) is 11.4 Å². The second kappa shape index (κ2) is 8.80. The highest BCUT2D eigenvalue weighted by molar-refractivity contribution is 6.95. The van der Waals surface area contributed by atoms with Crippen LogP contribution in [0.2, 0.25) is 0 Å². The Kier molecular flexibility index (Phi) is 4.66. The molecule has 0 fully saturated rings. The molecule has 0 amide bonds. The summed E-state index contributed by atoms with van der Waals surface area (Å²) in [7, 11) is 0. The molecule has 0 radical (unpaired) electrons. The summed E-state index contributed by atoms with van der Waals surface area (Å²) in [5.74, 6) is 0. The van der Waals surface area contributed by atoms with Crippen LogP contribution in [0.1, 0.15) is 0 Å². The predicted octanol–water partition coefficient (Wildman–Crippen LogP) is 9.47. The number of hydrogen-bond donors (Lipinski definition) is 0. The molecule has 46 heavy (non-hydrogen) atoms. The van der Waals surface area contributed by atoms with Crippen molar-refractivity contribution in [3.05, 3.63) is 158 Å². The van der Waals surface area contributed by atoms with Gasteiger partial charge < -0.3 is 14.3 Å². The lowest BCUT2D eigenvalue weighted by Crippen LogP contribution is -2.63. The molecule has 0 saturated carbocycles. The fourth-order valence-corrected chi connectivity index (χ4v) is 8.54. The van der Waals surface area contributed by atoms with Gasteiger partial charge in [0.25, 0.3) is 0 Å². The first kappa shape index (κ1) is 24.3. The molecule has 4 heterocycles. The normalized spacial score (nSPS) is 13.5. The molecule has 4 heteroatoms. The zero-order valence-corrected chi connectivity index (χ0v) is 24.9. The number of fused-ring (bicyclic) bond motifs is 9. The summed E-state index contributed by atoms with van der Waals surface area (Å²) in [6.07, 6.45) is 0. The first-order valence-corrected chi connectivity index (χ1v) is 16.0. The van der Waals surface area contributed by atoms with Crippen LogP contribution in [0.25, 0.3) is 49.7 Å². The second-order valence-electron chi connectivity index (χ2n) is 12.5. The van der Waals surface area contributed by atoms with Crippen molar-refractivity contribution >= 4 is 68.0 Å². The van der Waals surface area contributed by atoms with Gasteiger partial charge in [0.2, 0.25) is 0 Å². The van der Waals surface area contributed by atoms with Crippen LogP contribution in [0.15, 0.2) is 158 Å². The molecule has 0 saturated heterocycles. The number of aromatic nitrogens is 1. The molecular weight excluding hydrogens is 557 g/mol. The predicted molar refractivity (Wildman–Crippen MR) is 193 cm³/mol. The lowest BCUT2D eigenvalue weighted by atomic mass is 9.41. The van der Waals surface area contributed by atoms with Crippen molar-refractivity contribution in [3.63, 3.8) is 0 Å². The number of nitrogens with zero attached hydrogens (tertiary/aromatic N) is 3. The largest absolute Gasteiger partial charge is 0.376 e. The molecule has 0 atom stereocenters. The lowest BCUT2D eigenvalue weighted by Gasteiger charge is -2.49. The van der Waals surface area contributed by atoms with E-state index in [0.29, 0.717) is 0 Å². The molecule has 3 aliphatic heterocycles. The molecule has 0 aliphatic carbocycles. The van der Waals surface area contributed by atoms with Gasteiger partial charge in [0.15, 0.2) is 0 Å². The van der Waals surface area contributed by atoms with Gasteiger partial charge in [0.05, 0.1) is 11.0 Å². The monoisotopic (exact) mass is 583 g/mol. The molecule has 11 rings (SSSR count). The highest BCUT2D eigenvalue weighted by atomic mass is 15.2. The van der Waals surface area contributed by atoms with Gasteiger partial charge >= 0.3 is 6.85 Å². The van der Waals surface area contributed by atoms with Crippen molar-refractivity contribution < 1.29 is 0 Å². The molecule has 0 unspecified atom stereocenters. The van der Waals surface area contributed by atoms with Crippen LogP contribution in [0.4, 0.5) is 28.4 Å². The molecule has 8 aromatic rings. The van der Waals surface area contributed by atoms with Gasteiger partial charge in [-0.15, -0.1) is 0 Å². The number of rotatable bonds is 2. The van der Waals surface area contributed by atoms with Crippen molar-refractivity contribution in [2.24, 2.45) is 0 Å². The Morgan fingerprint density at radius 3 is 1.61 bits per heavy atom. The number of para-hydroxylation sites is 4. The van der Waals surface area contributed by atoms with Gasteiger partial charge in [-0.2, -0.15) is 0 Å². The van der Waals surface area contributed by atoms with Crippen LogP contribution >= 0.6 is 0 Å². The van der Waals surface area contributed by atoms with Crippen LogP contribution in [0.5, 0.6) is 0 Å². The Morgan fingerprint density at radius 1 is 0.370 bits per heavy atom. The van der Waals surface area contributed by atoms with Gasteiger partial charge in [0.1, 0.15) is 0 Å². The highest BCUT2D eigenvalue weighted by Crippen LogP contribution is 2.51. The van der Waals surface area contributed by atoms with E-state index in [4.69, 9.17) is 0 Å². The third-order valence-electron chi connectivity index (χ3n) is 10.3. The number of anilines is 5. The zero-order chi connectivity index (χ0) is 29.9. The molecule has 212 valence electrons. The van der Waals surface area contributed by atoms with E-state index >= 15 is 0 Å². The van der Waals surface area contributed by atoms with Crippen LogP contribution in [0.3, 0.4) is 0 Å². The summed E-state index contributed by atoms with van der Waals surface area (Å²) in [5, 5.41) is 2.52. The van der Waals surface area contributed by atoms with Crippen molar-refractivity contribution in [1.29, 1.82) is 0 Å². The SMILES string of the molecule is c1ccc(-n2c3ccccc3c3cc(N4c5cccc6c5B5c7c(cccc74)-c4ccccc4N5c4ccccc4-6)ccc32)cc1. The molecule has 0 N–H and O–H groups in total. The van der Waals surface area contributed by atoms with Crippen LogP contribution in [-0.2, 0) is 0 Å². The Morgan fingerprint density at radius 2 is 0.913 bits per heavy atom. The maximum absolute atomic E-state index is 2.59. The molecule has 0 bridgehead atoms. The fourth-order valence-electron chi connectivity index (χ4n) is 8.54. The minimum atomic E-state index is 0.0992. The number of hydrogen-bond acceptors (Lipinski definition) is 2. The standard InChI is InChI=1S/C42H26BN3/c1-2-12-27(13-3-1)44-35-19-7-4-16-31(35)34-26-28(24-25-36(34)44)45-39-22-10-17-32-29-14-5-8-20-37(29)46-38-21-9-6-15-30(38)33-18-11-23-40(45)42(33)43(46)41(32)39/h1-26H. The highest BCUT2D eigenvalue weighted by Gasteiger charge is 2.48. The third kappa shape index (κ3) is 2.99. The van der Waals surface area contributed by atoms with Gasteiger partial charge in [-0.1, -0.05) is 97.1 Å². The lowest BCUT2D eigenvalue weighted by molar-refractivity contribution is 1.18. The maximum atomic E-state index is 2.59. The minimum Gasteiger partial charge on any atom is -0.376 e. The van der Waals surface area contributed by atoms with Gasteiger partial charge in [-0.3, -0.25) is 0 Å². The smallest absolute Gasteiger partial charge is 0.333 e. The van der Waals surface area contributed by atoms with Crippen molar-refractivity contribution in [2.45, 2.75) is 0 Å². The zero-order valence-electron chi connectivity index (χ0n) is 24.9. The maximum Gasteiger partial charge on any atom is 0.333 e. The van der Waals surface area contributed by atoms with Crippen LogP contribution in [-0.4, -0.2) is 11.4 Å². The number of benzene rings is 7. The first-order chi connectivity index (χ1) is 22.9. The molecule has 3 aliphatic rings. The molecule has 0 spiro atoms. The average molecular weight is 584 g/mol. The van der Waals surface area contributed by atoms with Crippen molar-refractivity contribution in [2.75, 3.05) is 9.71 Å². The van der Waals surface area contributed by atoms with E-state index in [2.05, 4.69) is 172 Å². The van der Waals surface area contributed by atoms with E-state index < -0.39 is 0 Å². The molecular formula is C42H26BN3. The fraction of sp³-hybridized carbons (Fsp3) is 0. The van der Waals surface area contributed by atoms with E-state index in [1.165, 1.54) is 89.1 Å². The minimum absolute atomic E-state index is 0.0992. The molecule has 1 aromatic heterocycles. The third-order valence-corrected chi connectivity index (χ3v) is 10.3. The van der Waals surface area contributed by atoms with Crippen molar-refractivity contribution in [3.8, 4) is 27.9 Å². The second-order valence-corrected chi connectivity index (χ2v) is 12.5. The Balaban J connectivity index is 1.24. The summed E-state index contributed by atoms with van der Waals surface area (Å²) >= 11 is 0. The average Bonchev–Trinajstić information content (AvgIpc) is 3.46. The van der Waals surface area contributed by atoms with Crippen LogP contribution < -0.4 is 20.6 Å². The Labute approximate surface area is 267 Å². The van der Waals surface area contributed by atoms with E-state index in [1.54, 1.807) is 0 Å². The molecule has 3 nitrogen and oxygen atoms in total. The van der Waals surface area contributed by atoms with E-state index in [0.717, 1.165) is 0 Å². The summed E-state index contributed by atoms with van der Waals surface area (Å²) in [5.41, 5.74) is 17.8. The van der Waals surface area contributed by atoms with Gasteiger partial charge in [-0.05, 0) is 82.7 Å². The quantitative estimate of drug-likeness (QED) is 0.188. The molecule has 7 aromatic carbocycles. The van der Waals surface area contributed by atoms with Gasteiger partial charge in [0, 0.05) is 56.0 Å². The first-order valence-electron chi connectivity index (χ1n) is 16.0. The summed E-state index contributed by atoms with van der Waals surface area (Å²) in [6.45, 7) is 0.0992. The van der Waals surface area contributed by atoms with E-state index in [1.807, 2.05) is 0 Å². The van der Waals surface area contributed by atoms with E-state index in [-0.39, 0.29) is 6.85 Å². The van der Waals surface area contributed by atoms with E-state index in [9.17, 15) is 0 Å². The Hall–Kier alpha value is -6.00. The van der Waals surface area contributed by atoms with Crippen LogP contribution in [0, 0.1) is 0 Å². The summed E-state index contributed by atoms with van der Waals surface area (Å²) in [6, 6.07) is 58.1. The Bertz CT molecular complexity index is 2470. The van der Waals surface area contributed by atoms with Crippen molar-refractivity contribution in [1.82, 2.24) is 4.57 Å². The summed E-state index contributed by atoms with van der Waals surface area (Å²) < 4.78 is 2.39. The summed E-state index contributed by atoms with van der Waals surface area (Å²) in [4.78, 5) is 5.11.